The van der Waals surface area contributed by atoms with Crippen LogP contribution in [-0.4, -0.2) is 43.2 Å². The van der Waals surface area contributed by atoms with Crippen molar-refractivity contribution >= 4 is 5.91 Å². The molecule has 0 aromatic heterocycles. The number of amides is 1. The van der Waals surface area contributed by atoms with Crippen LogP contribution in [0.4, 0.5) is 0 Å². The van der Waals surface area contributed by atoms with Gasteiger partial charge in [-0.2, -0.15) is 0 Å². The molecule has 1 saturated heterocycles. The van der Waals surface area contributed by atoms with Crippen molar-refractivity contribution in [2.45, 2.75) is 26.5 Å². The van der Waals surface area contributed by atoms with E-state index in [1.165, 1.54) is 11.1 Å². The van der Waals surface area contributed by atoms with E-state index in [0.717, 1.165) is 6.54 Å². The molecule has 2 rings (SSSR count). The number of nitrogens with zero attached hydrogens (tertiary/aromatic N) is 1. The van der Waals surface area contributed by atoms with Crippen LogP contribution in [0.1, 0.15) is 18.1 Å². The van der Waals surface area contributed by atoms with Gasteiger partial charge in [0, 0.05) is 26.2 Å². The molecule has 1 N–H and O–H groups in total. The molecule has 1 aromatic rings. The lowest BCUT2D eigenvalue weighted by Crippen LogP contribution is -2.49. The Morgan fingerprint density at radius 3 is 3.00 bits per heavy atom. The number of ether oxygens (including phenoxy) is 1. The molecule has 1 fully saturated rings. The maximum atomic E-state index is 12.4. The topological polar surface area (TPSA) is 41.6 Å². The molecule has 1 unspecified atom stereocenters. The summed E-state index contributed by atoms with van der Waals surface area (Å²) in [6, 6.07) is 8.27. The van der Waals surface area contributed by atoms with Crippen molar-refractivity contribution < 1.29 is 9.53 Å². The number of morpholine rings is 1. The Kier molecular flexibility index (Phi) is 4.93. The molecule has 19 heavy (non-hydrogen) atoms. The van der Waals surface area contributed by atoms with E-state index in [4.69, 9.17) is 4.74 Å². The number of rotatable bonds is 4. The first kappa shape index (κ1) is 14.0. The SMILES string of the molecule is CCN(Cc1cccc(C)c1)C(=O)C1CNCCO1. The van der Waals surface area contributed by atoms with Crippen LogP contribution in [-0.2, 0) is 16.1 Å². The summed E-state index contributed by atoms with van der Waals surface area (Å²) in [6.45, 7) is 7.47. The molecular weight excluding hydrogens is 240 g/mol. The average Bonchev–Trinajstić information content (AvgIpc) is 2.45. The van der Waals surface area contributed by atoms with Gasteiger partial charge in [-0.15, -0.1) is 0 Å². The van der Waals surface area contributed by atoms with E-state index in [-0.39, 0.29) is 12.0 Å². The molecule has 0 aliphatic carbocycles. The first-order valence-electron chi connectivity index (χ1n) is 6.87. The second-order valence-corrected chi connectivity index (χ2v) is 4.91. The fraction of sp³-hybridized carbons (Fsp3) is 0.533. The monoisotopic (exact) mass is 262 g/mol. The van der Waals surface area contributed by atoms with Crippen LogP contribution in [0.25, 0.3) is 0 Å². The van der Waals surface area contributed by atoms with Gasteiger partial charge in [-0.25, -0.2) is 0 Å². The molecule has 0 spiro atoms. The Bertz CT molecular complexity index is 428. The van der Waals surface area contributed by atoms with Crippen LogP contribution >= 0.6 is 0 Å². The summed E-state index contributed by atoms with van der Waals surface area (Å²) in [5, 5.41) is 3.20. The van der Waals surface area contributed by atoms with Crippen molar-refractivity contribution in [1.82, 2.24) is 10.2 Å². The maximum absolute atomic E-state index is 12.4. The zero-order chi connectivity index (χ0) is 13.7. The van der Waals surface area contributed by atoms with E-state index in [9.17, 15) is 4.79 Å². The largest absolute Gasteiger partial charge is 0.366 e. The Morgan fingerprint density at radius 1 is 1.53 bits per heavy atom. The summed E-state index contributed by atoms with van der Waals surface area (Å²) in [7, 11) is 0. The molecule has 1 atom stereocenters. The third kappa shape index (κ3) is 3.78. The van der Waals surface area contributed by atoms with E-state index in [2.05, 4.69) is 30.4 Å². The molecule has 0 bridgehead atoms. The molecule has 1 heterocycles. The van der Waals surface area contributed by atoms with E-state index >= 15 is 0 Å². The second kappa shape index (κ2) is 6.68. The minimum atomic E-state index is -0.335. The summed E-state index contributed by atoms with van der Waals surface area (Å²) >= 11 is 0. The Morgan fingerprint density at radius 2 is 2.37 bits per heavy atom. The van der Waals surface area contributed by atoms with Crippen molar-refractivity contribution in [3.8, 4) is 0 Å². The van der Waals surface area contributed by atoms with Crippen molar-refractivity contribution in [2.75, 3.05) is 26.2 Å². The van der Waals surface area contributed by atoms with Crippen LogP contribution in [0.15, 0.2) is 24.3 Å². The highest BCUT2D eigenvalue weighted by Crippen LogP contribution is 2.10. The molecule has 1 aromatic carbocycles. The van der Waals surface area contributed by atoms with Gasteiger partial charge in [0.05, 0.1) is 6.61 Å². The number of benzene rings is 1. The zero-order valence-corrected chi connectivity index (χ0v) is 11.7. The van der Waals surface area contributed by atoms with Crippen molar-refractivity contribution in [2.24, 2.45) is 0 Å². The number of carbonyl (C=O) groups excluding carboxylic acids is 1. The summed E-state index contributed by atoms with van der Waals surface area (Å²) in [6.07, 6.45) is -0.335. The molecule has 1 aliphatic rings. The lowest BCUT2D eigenvalue weighted by Gasteiger charge is -2.29. The van der Waals surface area contributed by atoms with Crippen LogP contribution in [0.2, 0.25) is 0 Å². The third-order valence-electron chi connectivity index (χ3n) is 3.35. The summed E-state index contributed by atoms with van der Waals surface area (Å²) in [5.74, 6) is 0.0798. The van der Waals surface area contributed by atoms with Gasteiger partial charge in [0.2, 0.25) is 0 Å². The molecule has 1 aliphatic heterocycles. The quantitative estimate of drug-likeness (QED) is 0.890. The van der Waals surface area contributed by atoms with Crippen LogP contribution < -0.4 is 5.32 Å². The molecule has 0 saturated carbocycles. The number of hydrogen-bond donors (Lipinski definition) is 1. The lowest BCUT2D eigenvalue weighted by atomic mass is 10.1. The third-order valence-corrected chi connectivity index (χ3v) is 3.35. The van der Waals surface area contributed by atoms with Crippen molar-refractivity contribution in [3.05, 3.63) is 35.4 Å². The zero-order valence-electron chi connectivity index (χ0n) is 11.7. The first-order chi connectivity index (χ1) is 9.20. The van der Waals surface area contributed by atoms with E-state index in [1.807, 2.05) is 17.9 Å². The normalized spacial score (nSPS) is 19.2. The van der Waals surface area contributed by atoms with E-state index < -0.39 is 0 Å². The fourth-order valence-corrected chi connectivity index (χ4v) is 2.30. The van der Waals surface area contributed by atoms with Gasteiger partial charge in [-0.1, -0.05) is 29.8 Å². The van der Waals surface area contributed by atoms with E-state index in [0.29, 0.717) is 26.2 Å². The number of aryl methyl sites for hydroxylation is 1. The van der Waals surface area contributed by atoms with Crippen molar-refractivity contribution in [1.29, 1.82) is 0 Å². The Labute approximate surface area is 114 Å². The van der Waals surface area contributed by atoms with Gasteiger partial charge in [-0.05, 0) is 19.4 Å². The molecule has 104 valence electrons. The van der Waals surface area contributed by atoms with Gasteiger partial charge in [0.25, 0.3) is 5.91 Å². The fourth-order valence-electron chi connectivity index (χ4n) is 2.30. The van der Waals surface area contributed by atoms with Crippen molar-refractivity contribution in [3.63, 3.8) is 0 Å². The highest BCUT2D eigenvalue weighted by molar-refractivity contribution is 5.81. The predicted octanol–water partition coefficient (Wildman–Crippen LogP) is 1.33. The summed E-state index contributed by atoms with van der Waals surface area (Å²) in [5.41, 5.74) is 2.38. The lowest BCUT2D eigenvalue weighted by molar-refractivity contribution is -0.145. The van der Waals surface area contributed by atoms with Crippen LogP contribution in [0.5, 0.6) is 0 Å². The highest BCUT2D eigenvalue weighted by atomic mass is 16.5. The van der Waals surface area contributed by atoms with Gasteiger partial charge in [-0.3, -0.25) is 4.79 Å². The standard InChI is InChI=1S/C15H22N2O2/c1-3-17(11-13-6-4-5-12(2)9-13)15(18)14-10-16-7-8-19-14/h4-6,9,14,16H,3,7-8,10-11H2,1-2H3. The minimum absolute atomic E-state index is 0.0798. The number of likely N-dealkylation sites (N-methyl/N-ethyl adjacent to an activating group) is 1. The predicted molar refractivity (Wildman–Crippen MR) is 74.9 cm³/mol. The molecule has 4 heteroatoms. The van der Waals surface area contributed by atoms with Gasteiger partial charge >= 0.3 is 0 Å². The summed E-state index contributed by atoms with van der Waals surface area (Å²) in [4.78, 5) is 14.2. The molecular formula is C15H22N2O2. The Balaban J connectivity index is 2.00. The number of hydrogen-bond acceptors (Lipinski definition) is 3. The van der Waals surface area contributed by atoms with Gasteiger partial charge in [0.1, 0.15) is 6.10 Å². The number of carbonyl (C=O) groups is 1. The van der Waals surface area contributed by atoms with Crippen LogP contribution in [0.3, 0.4) is 0 Å². The summed E-state index contributed by atoms with van der Waals surface area (Å²) < 4.78 is 5.53. The minimum Gasteiger partial charge on any atom is -0.366 e. The van der Waals surface area contributed by atoms with Gasteiger partial charge in [0.15, 0.2) is 0 Å². The first-order valence-corrected chi connectivity index (χ1v) is 6.87. The van der Waals surface area contributed by atoms with Gasteiger partial charge < -0.3 is 15.0 Å². The average molecular weight is 262 g/mol. The highest BCUT2D eigenvalue weighted by Gasteiger charge is 2.25. The molecule has 1 amide bonds. The molecule has 0 radical (unpaired) electrons. The van der Waals surface area contributed by atoms with E-state index in [1.54, 1.807) is 0 Å². The smallest absolute Gasteiger partial charge is 0.253 e. The Hall–Kier alpha value is -1.39. The maximum Gasteiger partial charge on any atom is 0.253 e. The molecule has 4 nitrogen and oxygen atoms in total. The number of nitrogens with one attached hydrogen (secondary N) is 1. The van der Waals surface area contributed by atoms with Crippen LogP contribution in [0, 0.1) is 6.92 Å². The second-order valence-electron chi connectivity index (χ2n) is 4.91.